The Kier molecular flexibility index (Phi) is 3.49. The molecule has 1 unspecified atom stereocenters. The summed E-state index contributed by atoms with van der Waals surface area (Å²) in [6.45, 7) is 2.73. The number of ether oxygens (including phenoxy) is 1. The first-order chi connectivity index (χ1) is 4.13. The zero-order valence-corrected chi connectivity index (χ0v) is 5.34. The van der Waals surface area contributed by atoms with E-state index in [9.17, 15) is 4.79 Å². The minimum absolute atomic E-state index is 0.469. The highest BCUT2D eigenvalue weighted by atomic mass is 16.5. The second-order valence-corrected chi connectivity index (χ2v) is 1.52. The Labute approximate surface area is 53.6 Å². The predicted octanol–water partition coefficient (Wildman–Crippen LogP) is -0.109. The summed E-state index contributed by atoms with van der Waals surface area (Å²) in [4.78, 5) is 10.0. The van der Waals surface area contributed by atoms with Gasteiger partial charge in [-0.1, -0.05) is 0 Å². The van der Waals surface area contributed by atoms with E-state index in [1.54, 1.807) is 0 Å². The van der Waals surface area contributed by atoms with Crippen LogP contribution in [-0.2, 0) is 9.53 Å². The molecule has 0 aliphatic carbocycles. The summed E-state index contributed by atoms with van der Waals surface area (Å²) in [5.41, 5.74) is 0. The van der Waals surface area contributed by atoms with Gasteiger partial charge in [-0.05, 0) is 12.8 Å². The van der Waals surface area contributed by atoms with Crippen LogP contribution in [0.4, 0.5) is 0 Å². The van der Waals surface area contributed by atoms with E-state index in [1.165, 1.54) is 13.8 Å². The lowest BCUT2D eigenvalue weighted by molar-refractivity contribution is -0.134. The van der Waals surface area contributed by atoms with Crippen molar-refractivity contribution in [3.8, 4) is 12.0 Å². The average Bonchev–Trinajstić information content (AvgIpc) is 1.63. The highest BCUT2D eigenvalue weighted by molar-refractivity contribution is 5.67. The highest BCUT2D eigenvalue weighted by Gasteiger charge is 1.86. The lowest BCUT2D eigenvalue weighted by Crippen LogP contribution is -1.95. The SMILES string of the molecule is CC(=O)OC#CC(C)O. The minimum Gasteiger partial charge on any atom is -0.381 e. The van der Waals surface area contributed by atoms with Crippen LogP contribution in [0.5, 0.6) is 0 Å². The number of esters is 1. The summed E-state index contributed by atoms with van der Waals surface area (Å²) < 4.78 is 4.19. The summed E-state index contributed by atoms with van der Waals surface area (Å²) in [7, 11) is 0. The molecule has 0 bridgehead atoms. The molecule has 1 atom stereocenters. The molecule has 0 aliphatic heterocycles. The van der Waals surface area contributed by atoms with Gasteiger partial charge in [-0.2, -0.15) is 0 Å². The Hall–Kier alpha value is -1.01. The largest absolute Gasteiger partial charge is 0.381 e. The van der Waals surface area contributed by atoms with Gasteiger partial charge in [0, 0.05) is 6.92 Å². The Morgan fingerprint density at radius 2 is 2.33 bits per heavy atom. The smallest absolute Gasteiger partial charge is 0.316 e. The van der Waals surface area contributed by atoms with Crippen molar-refractivity contribution in [3.63, 3.8) is 0 Å². The Morgan fingerprint density at radius 1 is 1.78 bits per heavy atom. The molecular weight excluding hydrogens is 120 g/mol. The van der Waals surface area contributed by atoms with Crippen molar-refractivity contribution in [1.29, 1.82) is 0 Å². The Morgan fingerprint density at radius 3 is 2.67 bits per heavy atom. The van der Waals surface area contributed by atoms with E-state index in [-0.39, 0.29) is 0 Å². The van der Waals surface area contributed by atoms with Gasteiger partial charge in [0.05, 0.1) is 0 Å². The fraction of sp³-hybridized carbons (Fsp3) is 0.500. The van der Waals surface area contributed by atoms with E-state index in [2.05, 4.69) is 10.7 Å². The zero-order valence-electron chi connectivity index (χ0n) is 5.34. The molecule has 0 aromatic rings. The van der Waals surface area contributed by atoms with Crippen molar-refractivity contribution in [1.82, 2.24) is 0 Å². The first-order valence-corrected chi connectivity index (χ1v) is 2.49. The van der Waals surface area contributed by atoms with E-state index < -0.39 is 12.1 Å². The maximum atomic E-state index is 10.0. The molecule has 3 heteroatoms. The van der Waals surface area contributed by atoms with Crippen molar-refractivity contribution in [2.45, 2.75) is 20.0 Å². The van der Waals surface area contributed by atoms with Crippen LogP contribution >= 0.6 is 0 Å². The lowest BCUT2D eigenvalue weighted by Gasteiger charge is -1.86. The van der Waals surface area contributed by atoms with Crippen LogP contribution in [0.2, 0.25) is 0 Å². The van der Waals surface area contributed by atoms with E-state index in [0.29, 0.717) is 0 Å². The van der Waals surface area contributed by atoms with Crippen molar-refractivity contribution in [3.05, 3.63) is 0 Å². The quantitative estimate of drug-likeness (QED) is 0.366. The van der Waals surface area contributed by atoms with Gasteiger partial charge in [0.25, 0.3) is 0 Å². The van der Waals surface area contributed by atoms with Crippen LogP contribution in [0.15, 0.2) is 0 Å². The number of aliphatic hydroxyl groups excluding tert-OH is 1. The van der Waals surface area contributed by atoms with Gasteiger partial charge in [-0.15, -0.1) is 0 Å². The van der Waals surface area contributed by atoms with Gasteiger partial charge in [-0.3, -0.25) is 4.79 Å². The minimum atomic E-state index is -0.746. The summed E-state index contributed by atoms with van der Waals surface area (Å²) in [6, 6.07) is 0. The number of hydrogen-bond donors (Lipinski definition) is 1. The van der Waals surface area contributed by atoms with E-state index >= 15 is 0 Å². The fourth-order valence-electron chi connectivity index (χ4n) is 0.187. The van der Waals surface area contributed by atoms with Gasteiger partial charge >= 0.3 is 5.97 Å². The molecule has 50 valence electrons. The fourth-order valence-corrected chi connectivity index (χ4v) is 0.187. The normalized spacial score (nSPS) is 11.0. The van der Waals surface area contributed by atoms with Crippen LogP contribution in [-0.4, -0.2) is 17.2 Å². The van der Waals surface area contributed by atoms with Crippen molar-refractivity contribution in [2.24, 2.45) is 0 Å². The number of rotatable bonds is 0. The second kappa shape index (κ2) is 3.93. The predicted molar refractivity (Wildman–Crippen MR) is 31.2 cm³/mol. The average molecular weight is 128 g/mol. The Bertz CT molecular complexity index is 149. The molecule has 0 heterocycles. The molecule has 0 amide bonds. The van der Waals surface area contributed by atoms with Crippen LogP contribution < -0.4 is 0 Å². The van der Waals surface area contributed by atoms with Crippen LogP contribution in [0.3, 0.4) is 0 Å². The van der Waals surface area contributed by atoms with Gasteiger partial charge in [0.2, 0.25) is 0 Å². The van der Waals surface area contributed by atoms with Gasteiger partial charge in [0.15, 0.2) is 0 Å². The molecule has 0 rings (SSSR count). The van der Waals surface area contributed by atoms with Crippen molar-refractivity contribution >= 4 is 5.97 Å². The summed E-state index contributed by atoms with van der Waals surface area (Å²) in [6.07, 6.45) is 1.29. The molecule has 0 saturated carbocycles. The topological polar surface area (TPSA) is 46.5 Å². The highest BCUT2D eigenvalue weighted by Crippen LogP contribution is 1.74. The summed E-state index contributed by atoms with van der Waals surface area (Å²) >= 11 is 0. The van der Waals surface area contributed by atoms with E-state index in [0.717, 1.165) is 0 Å². The Balaban J connectivity index is 3.50. The van der Waals surface area contributed by atoms with Crippen molar-refractivity contribution in [2.75, 3.05) is 0 Å². The molecule has 3 nitrogen and oxygen atoms in total. The second-order valence-electron chi connectivity index (χ2n) is 1.52. The van der Waals surface area contributed by atoms with E-state index in [4.69, 9.17) is 5.11 Å². The van der Waals surface area contributed by atoms with Crippen LogP contribution in [0.25, 0.3) is 0 Å². The molecule has 1 N–H and O–H groups in total. The third-order valence-corrected chi connectivity index (χ3v) is 0.463. The van der Waals surface area contributed by atoms with Crippen LogP contribution in [0.1, 0.15) is 13.8 Å². The lowest BCUT2D eigenvalue weighted by atomic mass is 10.4. The van der Waals surface area contributed by atoms with Gasteiger partial charge in [0.1, 0.15) is 12.2 Å². The first-order valence-electron chi connectivity index (χ1n) is 2.49. The van der Waals surface area contributed by atoms with Gasteiger partial charge in [-0.25, -0.2) is 0 Å². The molecule has 0 spiro atoms. The standard InChI is InChI=1S/C6H8O3/c1-5(7)3-4-9-6(2)8/h5,7H,1-2H3. The number of hydrogen-bond acceptors (Lipinski definition) is 3. The van der Waals surface area contributed by atoms with E-state index in [1.807, 2.05) is 6.11 Å². The third-order valence-electron chi connectivity index (χ3n) is 0.463. The molecule has 0 aromatic carbocycles. The molecule has 0 aliphatic rings. The maximum absolute atomic E-state index is 10.0. The maximum Gasteiger partial charge on any atom is 0.316 e. The first kappa shape index (κ1) is 7.99. The molecule has 0 radical (unpaired) electrons. The monoisotopic (exact) mass is 128 g/mol. The van der Waals surface area contributed by atoms with Gasteiger partial charge < -0.3 is 9.84 Å². The number of carbonyl (C=O) groups is 1. The molecule has 0 aromatic heterocycles. The molecular formula is C6H8O3. The van der Waals surface area contributed by atoms with Crippen molar-refractivity contribution < 1.29 is 14.6 Å². The summed E-state index contributed by atoms with van der Waals surface area (Å²) in [5, 5.41) is 8.50. The zero-order chi connectivity index (χ0) is 7.28. The molecule has 0 saturated heterocycles. The number of aliphatic hydroxyl groups is 1. The molecule has 9 heavy (non-hydrogen) atoms. The molecule has 0 fully saturated rings. The summed E-state index contributed by atoms with van der Waals surface area (Å²) in [5.74, 6) is 1.77. The van der Waals surface area contributed by atoms with Crippen LogP contribution in [0, 0.1) is 12.0 Å². The number of carbonyl (C=O) groups excluding carboxylic acids is 1. The third kappa shape index (κ3) is 6.99.